The molecule has 1 heterocycles. The molecule has 3 nitrogen and oxygen atoms in total. The first-order valence-corrected chi connectivity index (χ1v) is 8.39. The van der Waals surface area contributed by atoms with E-state index in [4.69, 9.17) is 23.8 Å². The van der Waals surface area contributed by atoms with Crippen molar-refractivity contribution in [2.24, 2.45) is 0 Å². The highest BCUT2D eigenvalue weighted by molar-refractivity contribution is 8.27. The molecule has 0 unspecified atom stereocenters. The summed E-state index contributed by atoms with van der Waals surface area (Å²) < 4.78 is 0.460. The molecule has 1 amide bonds. The molecule has 2 aromatic rings. The van der Waals surface area contributed by atoms with Crippen molar-refractivity contribution in [1.29, 1.82) is 0 Å². The molecule has 1 fully saturated rings. The molecule has 1 N–H and O–H groups in total. The summed E-state index contributed by atoms with van der Waals surface area (Å²) in [5.41, 5.74) is 2.34. The van der Waals surface area contributed by atoms with E-state index in [1.165, 1.54) is 16.7 Å². The SMILES string of the molecule is Cc1ccc(N2C(=O)/C(=C/c3cccc(O)c3)SC2=S)cc1Cl. The van der Waals surface area contributed by atoms with Crippen molar-refractivity contribution in [1.82, 2.24) is 0 Å². The predicted octanol–water partition coefficient (Wildman–Crippen LogP) is 4.76. The van der Waals surface area contributed by atoms with Crippen LogP contribution in [0.5, 0.6) is 5.75 Å². The maximum absolute atomic E-state index is 12.6. The largest absolute Gasteiger partial charge is 0.508 e. The number of hydrogen-bond donors (Lipinski definition) is 1. The van der Waals surface area contributed by atoms with E-state index in [1.54, 1.807) is 30.3 Å². The van der Waals surface area contributed by atoms with Crippen LogP contribution in [0.3, 0.4) is 0 Å². The molecule has 1 aliphatic rings. The third kappa shape index (κ3) is 3.27. The summed E-state index contributed by atoms with van der Waals surface area (Å²) in [5, 5.41) is 10.1. The molecule has 6 heteroatoms. The number of rotatable bonds is 2. The Kier molecular flexibility index (Phi) is 4.43. The van der Waals surface area contributed by atoms with Crippen molar-refractivity contribution in [3.8, 4) is 5.75 Å². The first kappa shape index (κ1) is 16.1. The maximum atomic E-state index is 12.6. The Labute approximate surface area is 148 Å². The van der Waals surface area contributed by atoms with Gasteiger partial charge in [0.15, 0.2) is 4.32 Å². The standard InChI is InChI=1S/C17H12ClNO2S2/c1-10-5-6-12(9-14(10)18)19-16(21)15(23-17(19)22)8-11-3-2-4-13(20)7-11/h2-9,20H,1H3/b15-8-. The summed E-state index contributed by atoms with van der Waals surface area (Å²) in [6.45, 7) is 1.90. The molecule has 0 radical (unpaired) electrons. The fourth-order valence-electron chi connectivity index (χ4n) is 2.18. The van der Waals surface area contributed by atoms with Crippen LogP contribution in [0.15, 0.2) is 47.4 Å². The maximum Gasteiger partial charge on any atom is 0.270 e. The molecule has 0 aliphatic carbocycles. The third-order valence-electron chi connectivity index (χ3n) is 3.38. The van der Waals surface area contributed by atoms with Crippen molar-refractivity contribution in [3.63, 3.8) is 0 Å². The quantitative estimate of drug-likeness (QED) is 0.618. The summed E-state index contributed by atoms with van der Waals surface area (Å²) in [5.74, 6) is -0.0391. The Morgan fingerprint density at radius 1 is 1.26 bits per heavy atom. The molecule has 23 heavy (non-hydrogen) atoms. The first-order chi connectivity index (χ1) is 11.0. The Hall–Kier alpha value is -1.82. The number of nitrogens with zero attached hydrogens (tertiary/aromatic N) is 1. The molecular formula is C17H12ClNO2S2. The second kappa shape index (κ2) is 6.35. The van der Waals surface area contributed by atoms with Crippen LogP contribution in [0, 0.1) is 6.92 Å². The highest BCUT2D eigenvalue weighted by atomic mass is 35.5. The molecule has 0 aromatic heterocycles. The van der Waals surface area contributed by atoms with Crippen LogP contribution in [0.2, 0.25) is 5.02 Å². The molecule has 2 aromatic carbocycles. The summed E-state index contributed by atoms with van der Waals surface area (Å²) in [6, 6.07) is 12.1. The van der Waals surface area contributed by atoms with Gasteiger partial charge in [0.25, 0.3) is 5.91 Å². The number of amides is 1. The summed E-state index contributed by atoms with van der Waals surface area (Å²) in [4.78, 5) is 14.6. The zero-order valence-electron chi connectivity index (χ0n) is 12.1. The van der Waals surface area contributed by atoms with Crippen molar-refractivity contribution in [2.45, 2.75) is 6.92 Å². The average Bonchev–Trinajstić information content (AvgIpc) is 2.77. The van der Waals surface area contributed by atoms with Gasteiger partial charge in [0.1, 0.15) is 5.75 Å². The zero-order chi connectivity index (χ0) is 16.6. The number of carbonyl (C=O) groups is 1. The summed E-state index contributed by atoms with van der Waals surface area (Å²) >= 11 is 12.7. The van der Waals surface area contributed by atoms with Gasteiger partial charge >= 0.3 is 0 Å². The molecule has 0 atom stereocenters. The first-order valence-electron chi connectivity index (χ1n) is 6.79. The summed E-state index contributed by atoms with van der Waals surface area (Å²) in [7, 11) is 0. The van der Waals surface area contributed by atoms with E-state index in [9.17, 15) is 9.90 Å². The number of aryl methyl sites for hydroxylation is 1. The number of phenolic OH excluding ortho intramolecular Hbond substituents is 1. The highest BCUT2D eigenvalue weighted by Crippen LogP contribution is 2.37. The minimum atomic E-state index is -0.191. The molecule has 0 spiro atoms. The fourth-order valence-corrected chi connectivity index (χ4v) is 3.65. The minimum Gasteiger partial charge on any atom is -0.508 e. The van der Waals surface area contributed by atoms with E-state index < -0.39 is 0 Å². The number of anilines is 1. The van der Waals surface area contributed by atoms with E-state index in [2.05, 4.69) is 0 Å². The molecule has 1 saturated heterocycles. The van der Waals surface area contributed by atoms with E-state index >= 15 is 0 Å². The van der Waals surface area contributed by atoms with Gasteiger partial charge in [-0.2, -0.15) is 0 Å². The van der Waals surface area contributed by atoms with Gasteiger partial charge in [0.05, 0.1) is 10.6 Å². The lowest BCUT2D eigenvalue weighted by atomic mass is 10.2. The number of thiocarbonyl (C=S) groups is 1. The number of halogens is 1. The van der Waals surface area contributed by atoms with Crippen LogP contribution in [-0.4, -0.2) is 15.3 Å². The topological polar surface area (TPSA) is 40.5 Å². The van der Waals surface area contributed by atoms with Crippen molar-refractivity contribution in [3.05, 3.63) is 63.5 Å². The lowest BCUT2D eigenvalue weighted by Gasteiger charge is -2.15. The second-order valence-electron chi connectivity index (χ2n) is 5.05. The second-order valence-corrected chi connectivity index (χ2v) is 7.13. The van der Waals surface area contributed by atoms with Crippen LogP contribution >= 0.6 is 35.6 Å². The monoisotopic (exact) mass is 361 g/mol. The van der Waals surface area contributed by atoms with Gasteiger partial charge < -0.3 is 5.11 Å². The normalized spacial score (nSPS) is 16.4. The molecule has 0 saturated carbocycles. The predicted molar refractivity (Wildman–Crippen MR) is 99.9 cm³/mol. The average molecular weight is 362 g/mol. The van der Waals surface area contributed by atoms with Crippen molar-refractivity contribution >= 4 is 57.6 Å². The Bertz CT molecular complexity index is 848. The van der Waals surface area contributed by atoms with E-state index in [1.807, 2.05) is 25.1 Å². The van der Waals surface area contributed by atoms with E-state index in [-0.39, 0.29) is 11.7 Å². The summed E-state index contributed by atoms with van der Waals surface area (Å²) in [6.07, 6.45) is 1.72. The van der Waals surface area contributed by atoms with Crippen LogP contribution in [0.25, 0.3) is 6.08 Å². The molecule has 3 rings (SSSR count). The van der Waals surface area contributed by atoms with Crippen LogP contribution in [0.4, 0.5) is 5.69 Å². The Balaban J connectivity index is 1.95. The number of benzene rings is 2. The van der Waals surface area contributed by atoms with E-state index in [0.29, 0.717) is 19.9 Å². The van der Waals surface area contributed by atoms with Gasteiger partial charge in [-0.05, 0) is 48.4 Å². The van der Waals surface area contributed by atoms with Gasteiger partial charge in [-0.3, -0.25) is 9.69 Å². The smallest absolute Gasteiger partial charge is 0.270 e. The molecule has 116 valence electrons. The number of aromatic hydroxyl groups is 1. The number of thioether (sulfide) groups is 1. The number of carbonyl (C=O) groups excluding carboxylic acids is 1. The van der Waals surface area contributed by atoms with Gasteiger partial charge in [-0.1, -0.05) is 53.8 Å². The van der Waals surface area contributed by atoms with Crippen molar-refractivity contribution < 1.29 is 9.90 Å². The molecule has 1 aliphatic heterocycles. The number of hydrogen-bond acceptors (Lipinski definition) is 4. The zero-order valence-corrected chi connectivity index (χ0v) is 14.5. The molecule has 0 bridgehead atoms. The lowest BCUT2D eigenvalue weighted by molar-refractivity contribution is -0.113. The van der Waals surface area contributed by atoms with Crippen LogP contribution < -0.4 is 4.90 Å². The third-order valence-corrected chi connectivity index (χ3v) is 5.08. The lowest BCUT2D eigenvalue weighted by Crippen LogP contribution is -2.27. The van der Waals surface area contributed by atoms with Gasteiger partial charge in [0, 0.05) is 5.02 Å². The van der Waals surface area contributed by atoms with Gasteiger partial charge in [-0.25, -0.2) is 0 Å². The van der Waals surface area contributed by atoms with Gasteiger partial charge in [0.2, 0.25) is 0 Å². The van der Waals surface area contributed by atoms with Crippen LogP contribution in [0.1, 0.15) is 11.1 Å². The highest BCUT2D eigenvalue weighted by Gasteiger charge is 2.33. The van der Waals surface area contributed by atoms with Gasteiger partial charge in [-0.15, -0.1) is 0 Å². The number of phenols is 1. The molecular weight excluding hydrogens is 350 g/mol. The Morgan fingerprint density at radius 2 is 2.04 bits per heavy atom. The van der Waals surface area contributed by atoms with E-state index in [0.717, 1.165) is 11.1 Å². The van der Waals surface area contributed by atoms with Crippen LogP contribution in [-0.2, 0) is 4.79 Å². The Morgan fingerprint density at radius 3 is 2.74 bits per heavy atom. The fraction of sp³-hybridized carbons (Fsp3) is 0.0588. The minimum absolute atomic E-state index is 0.152. The van der Waals surface area contributed by atoms with Crippen molar-refractivity contribution in [2.75, 3.05) is 4.90 Å².